The van der Waals surface area contributed by atoms with Crippen LogP contribution in [-0.4, -0.2) is 62.6 Å². The third-order valence-electron chi connectivity index (χ3n) is 3.72. The Kier molecular flexibility index (Phi) is 7.89. The number of amides is 1. The number of hydrogen-bond donors (Lipinski definition) is 1. The van der Waals surface area contributed by atoms with Crippen LogP contribution in [0.5, 0.6) is 0 Å². The second-order valence-corrected chi connectivity index (χ2v) is 8.43. The van der Waals surface area contributed by atoms with Gasteiger partial charge in [-0.2, -0.15) is 0 Å². The molecule has 2 N–H and O–H groups in total. The molecule has 0 aliphatic carbocycles. The van der Waals surface area contributed by atoms with Gasteiger partial charge in [0.05, 0.1) is 0 Å². The van der Waals surface area contributed by atoms with Crippen LogP contribution >= 0.6 is 47.3 Å². The molecule has 0 spiro atoms. The summed E-state index contributed by atoms with van der Waals surface area (Å²) in [5.74, 6) is -1.15. The number of fused-ring (bicyclic) bond motifs is 1. The first-order valence-corrected chi connectivity index (χ1v) is 10.6. The highest BCUT2D eigenvalue weighted by Crippen LogP contribution is 2.40. The second-order valence-electron chi connectivity index (χ2n) is 5.49. The van der Waals surface area contributed by atoms with Crippen molar-refractivity contribution < 1.29 is 28.7 Å². The standard InChI is InChI=1S/C15H15N3O6S3.ClH/c1-7(19)23-6-24-14(21)10-8(4-26-13-9(16)12(20)18(10)13)5-27-15(22)11-17-2-3-25-11;/h2-3,9,13H,4-6,16H2,1H3;1H/t9?,13-;/m1./s1. The van der Waals surface area contributed by atoms with Gasteiger partial charge >= 0.3 is 11.9 Å². The summed E-state index contributed by atoms with van der Waals surface area (Å²) in [7, 11) is 0. The van der Waals surface area contributed by atoms with Crippen LogP contribution in [0.3, 0.4) is 0 Å². The van der Waals surface area contributed by atoms with Crippen molar-refractivity contribution in [2.24, 2.45) is 5.73 Å². The third-order valence-corrected chi connectivity index (χ3v) is 6.93. The molecule has 0 saturated carbocycles. The highest BCUT2D eigenvalue weighted by atomic mass is 35.5. The maximum absolute atomic E-state index is 12.5. The van der Waals surface area contributed by atoms with Gasteiger partial charge in [0.1, 0.15) is 17.1 Å². The van der Waals surface area contributed by atoms with E-state index in [1.807, 2.05) is 0 Å². The number of hydrogen-bond acceptors (Lipinski definition) is 11. The lowest BCUT2D eigenvalue weighted by Gasteiger charge is -2.48. The van der Waals surface area contributed by atoms with Gasteiger partial charge in [0, 0.05) is 30.0 Å². The van der Waals surface area contributed by atoms with Crippen LogP contribution in [0, 0.1) is 0 Å². The van der Waals surface area contributed by atoms with Gasteiger partial charge in [0.2, 0.25) is 17.8 Å². The Bertz CT molecular complexity index is 816. The van der Waals surface area contributed by atoms with E-state index < -0.39 is 24.8 Å². The van der Waals surface area contributed by atoms with Crippen molar-refractivity contribution in [2.45, 2.75) is 18.3 Å². The summed E-state index contributed by atoms with van der Waals surface area (Å²) in [6, 6.07) is -0.683. The van der Waals surface area contributed by atoms with Crippen LogP contribution in [-0.2, 0) is 23.9 Å². The van der Waals surface area contributed by atoms with E-state index in [-0.39, 0.29) is 40.3 Å². The number of carbonyl (C=O) groups is 4. The first-order valence-electron chi connectivity index (χ1n) is 7.69. The molecule has 1 aromatic rings. The summed E-state index contributed by atoms with van der Waals surface area (Å²) < 4.78 is 9.56. The number of nitrogens with zero attached hydrogens (tertiary/aromatic N) is 2. The molecule has 0 aromatic carbocycles. The normalized spacial score (nSPS) is 20.6. The maximum atomic E-state index is 12.5. The van der Waals surface area contributed by atoms with E-state index in [1.54, 1.807) is 5.38 Å². The van der Waals surface area contributed by atoms with Crippen LogP contribution < -0.4 is 5.73 Å². The molecule has 1 aromatic heterocycles. The van der Waals surface area contributed by atoms with Crippen molar-refractivity contribution in [3.63, 3.8) is 0 Å². The SMILES string of the molecule is CC(=O)OCOC(=O)C1=C(CSC(=O)c2nccs2)CS[C@@H]2C(N)C(=O)N12.Cl. The van der Waals surface area contributed by atoms with Crippen molar-refractivity contribution in [3.8, 4) is 0 Å². The van der Waals surface area contributed by atoms with E-state index in [0.717, 1.165) is 11.8 Å². The summed E-state index contributed by atoms with van der Waals surface area (Å²) in [5.41, 5.74) is 6.44. The molecule has 0 radical (unpaired) electrons. The van der Waals surface area contributed by atoms with Gasteiger partial charge in [0.25, 0.3) is 0 Å². The Morgan fingerprint density at radius 3 is 2.79 bits per heavy atom. The largest absolute Gasteiger partial charge is 0.428 e. The Balaban J connectivity index is 0.00000280. The number of halogens is 1. The quantitative estimate of drug-likeness (QED) is 0.369. The number of rotatable bonds is 6. The van der Waals surface area contributed by atoms with Gasteiger partial charge in [-0.1, -0.05) is 11.8 Å². The van der Waals surface area contributed by atoms with E-state index in [1.165, 1.54) is 41.1 Å². The van der Waals surface area contributed by atoms with Gasteiger partial charge in [-0.15, -0.1) is 35.5 Å². The van der Waals surface area contributed by atoms with Crippen molar-refractivity contribution in [2.75, 3.05) is 18.3 Å². The molecule has 3 rings (SSSR count). The number of carbonyl (C=O) groups excluding carboxylic acids is 4. The average Bonchev–Trinajstić information content (AvgIpc) is 3.19. The molecular weight excluding hydrogens is 450 g/mol. The Hall–Kier alpha value is -1.60. The van der Waals surface area contributed by atoms with Crippen molar-refractivity contribution in [1.29, 1.82) is 0 Å². The zero-order valence-electron chi connectivity index (χ0n) is 14.5. The average molecular weight is 466 g/mol. The Labute approximate surface area is 178 Å². The van der Waals surface area contributed by atoms with E-state index >= 15 is 0 Å². The van der Waals surface area contributed by atoms with E-state index in [2.05, 4.69) is 9.72 Å². The lowest BCUT2D eigenvalue weighted by atomic mass is 10.0. The van der Waals surface area contributed by atoms with Gasteiger partial charge in [-0.05, 0) is 5.57 Å². The first-order chi connectivity index (χ1) is 12.9. The molecule has 2 aliphatic heterocycles. The highest BCUT2D eigenvalue weighted by Gasteiger charge is 2.52. The predicted octanol–water partition coefficient (Wildman–Crippen LogP) is 0.999. The summed E-state index contributed by atoms with van der Waals surface area (Å²) in [5, 5.41) is 1.50. The van der Waals surface area contributed by atoms with Gasteiger partial charge in [-0.25, -0.2) is 9.78 Å². The van der Waals surface area contributed by atoms with Crippen molar-refractivity contribution in [3.05, 3.63) is 27.9 Å². The van der Waals surface area contributed by atoms with Crippen LogP contribution in [0.25, 0.3) is 0 Å². The molecule has 9 nitrogen and oxygen atoms in total. The van der Waals surface area contributed by atoms with Gasteiger partial charge < -0.3 is 15.2 Å². The van der Waals surface area contributed by atoms with E-state index in [4.69, 9.17) is 10.5 Å². The number of β-lactam (4-membered cyclic amide) rings is 1. The number of esters is 2. The van der Waals surface area contributed by atoms with Gasteiger partial charge in [-0.3, -0.25) is 19.3 Å². The zero-order valence-corrected chi connectivity index (χ0v) is 17.8. The molecular formula is C15H16ClN3O6S3. The number of thioether (sulfide) groups is 2. The molecule has 3 heterocycles. The minimum absolute atomic E-state index is 0. The number of thiazole rings is 1. The smallest absolute Gasteiger partial charge is 0.357 e. The molecule has 28 heavy (non-hydrogen) atoms. The lowest BCUT2D eigenvalue weighted by molar-refractivity contribution is -0.166. The van der Waals surface area contributed by atoms with Crippen LogP contribution in [0.15, 0.2) is 22.8 Å². The molecule has 2 aliphatic rings. The minimum Gasteiger partial charge on any atom is -0.428 e. The minimum atomic E-state index is -0.793. The summed E-state index contributed by atoms with van der Waals surface area (Å²) in [6.07, 6.45) is 1.54. The topological polar surface area (TPSA) is 129 Å². The zero-order chi connectivity index (χ0) is 19.6. The molecule has 1 unspecified atom stereocenters. The summed E-state index contributed by atoms with van der Waals surface area (Å²) in [6.45, 7) is 0.632. The summed E-state index contributed by atoms with van der Waals surface area (Å²) in [4.78, 5) is 52.9. The third kappa shape index (κ3) is 4.69. The first kappa shape index (κ1) is 22.7. The molecule has 0 bridgehead atoms. The fraction of sp³-hybridized carbons (Fsp3) is 0.400. The fourth-order valence-electron chi connectivity index (χ4n) is 2.45. The maximum Gasteiger partial charge on any atom is 0.357 e. The van der Waals surface area contributed by atoms with Crippen molar-refractivity contribution >= 4 is 70.2 Å². The number of aromatic nitrogens is 1. The van der Waals surface area contributed by atoms with Crippen LogP contribution in [0.4, 0.5) is 0 Å². The number of ether oxygens (including phenoxy) is 2. The van der Waals surface area contributed by atoms with Gasteiger partial charge in [0.15, 0.2) is 5.01 Å². The molecule has 13 heteroatoms. The van der Waals surface area contributed by atoms with E-state index in [0.29, 0.717) is 16.3 Å². The molecule has 1 saturated heterocycles. The second kappa shape index (κ2) is 9.74. The summed E-state index contributed by atoms with van der Waals surface area (Å²) >= 11 is 3.65. The number of nitrogens with two attached hydrogens (primary N) is 1. The van der Waals surface area contributed by atoms with E-state index in [9.17, 15) is 19.2 Å². The fourth-order valence-corrected chi connectivity index (χ4v) is 5.38. The molecule has 1 fully saturated rings. The van der Waals surface area contributed by atoms with Crippen LogP contribution in [0.1, 0.15) is 16.7 Å². The Morgan fingerprint density at radius 2 is 2.14 bits per heavy atom. The Morgan fingerprint density at radius 1 is 1.39 bits per heavy atom. The molecule has 2 atom stereocenters. The molecule has 152 valence electrons. The predicted molar refractivity (Wildman–Crippen MR) is 107 cm³/mol. The highest BCUT2D eigenvalue weighted by molar-refractivity contribution is 8.14. The monoisotopic (exact) mass is 465 g/mol. The van der Waals surface area contributed by atoms with Crippen LogP contribution in [0.2, 0.25) is 0 Å². The molecule has 1 amide bonds. The lowest BCUT2D eigenvalue weighted by Crippen LogP contribution is -2.68. The van der Waals surface area contributed by atoms with Crippen molar-refractivity contribution in [1.82, 2.24) is 9.88 Å².